The Morgan fingerprint density at radius 2 is 1.94 bits per heavy atom. The Morgan fingerprint density at radius 3 is 2.50 bits per heavy atom. The van der Waals surface area contributed by atoms with Crippen LogP contribution in [0.4, 0.5) is 5.82 Å². The van der Waals surface area contributed by atoms with E-state index in [1.165, 1.54) is 0 Å². The van der Waals surface area contributed by atoms with Crippen LogP contribution in [0.2, 0.25) is 0 Å². The van der Waals surface area contributed by atoms with Crippen molar-refractivity contribution in [3.05, 3.63) is 24.4 Å². The highest BCUT2D eigenvalue weighted by atomic mass is 16.4. The highest BCUT2D eigenvalue weighted by Gasteiger charge is 2.22. The minimum absolute atomic E-state index is 0.317. The SMILES string of the molecule is O=C(O)CC(=O)N1CCN(c2ccccn2)CC1. The van der Waals surface area contributed by atoms with Crippen LogP contribution >= 0.6 is 0 Å². The van der Waals surface area contributed by atoms with Gasteiger partial charge in [0.15, 0.2) is 0 Å². The number of nitrogens with zero attached hydrogens (tertiary/aromatic N) is 3. The molecule has 2 heterocycles. The first-order valence-corrected chi connectivity index (χ1v) is 5.82. The minimum atomic E-state index is -1.08. The van der Waals surface area contributed by atoms with E-state index < -0.39 is 12.4 Å². The number of carboxylic acids is 1. The van der Waals surface area contributed by atoms with E-state index in [1.807, 2.05) is 18.2 Å². The predicted octanol–water partition coefficient (Wildman–Crippen LogP) is 0.205. The standard InChI is InChI=1S/C12H15N3O3/c16-11(9-12(17)18)15-7-5-14(6-8-15)10-3-1-2-4-13-10/h1-4H,5-9H2,(H,17,18). The van der Waals surface area contributed by atoms with Gasteiger partial charge in [-0.3, -0.25) is 9.59 Å². The first-order valence-electron chi connectivity index (χ1n) is 5.82. The van der Waals surface area contributed by atoms with Gasteiger partial charge in [0, 0.05) is 32.4 Å². The van der Waals surface area contributed by atoms with E-state index in [0.29, 0.717) is 26.2 Å². The summed E-state index contributed by atoms with van der Waals surface area (Å²) in [7, 11) is 0. The van der Waals surface area contributed by atoms with Crippen LogP contribution < -0.4 is 4.90 Å². The van der Waals surface area contributed by atoms with Crippen LogP contribution in [0.15, 0.2) is 24.4 Å². The van der Waals surface area contributed by atoms with Crippen molar-refractivity contribution in [3.8, 4) is 0 Å². The maximum atomic E-state index is 11.6. The summed E-state index contributed by atoms with van der Waals surface area (Å²) in [5.41, 5.74) is 0. The maximum absolute atomic E-state index is 11.6. The molecule has 1 aromatic rings. The lowest BCUT2D eigenvalue weighted by molar-refractivity contribution is -0.144. The Bertz CT molecular complexity index is 427. The normalized spacial score (nSPS) is 15.6. The lowest BCUT2D eigenvalue weighted by atomic mass is 10.2. The van der Waals surface area contributed by atoms with Crippen molar-refractivity contribution in [2.24, 2.45) is 0 Å². The third-order valence-electron chi connectivity index (χ3n) is 2.91. The molecular weight excluding hydrogens is 234 g/mol. The molecule has 2 rings (SSSR count). The smallest absolute Gasteiger partial charge is 0.312 e. The van der Waals surface area contributed by atoms with Crippen molar-refractivity contribution in [2.45, 2.75) is 6.42 Å². The number of amides is 1. The zero-order valence-corrected chi connectivity index (χ0v) is 9.95. The second-order valence-corrected chi connectivity index (χ2v) is 4.13. The molecule has 0 aliphatic carbocycles. The second-order valence-electron chi connectivity index (χ2n) is 4.13. The molecule has 1 saturated heterocycles. The summed E-state index contributed by atoms with van der Waals surface area (Å²) in [6, 6.07) is 5.70. The average Bonchev–Trinajstić information content (AvgIpc) is 2.39. The largest absolute Gasteiger partial charge is 0.481 e. The van der Waals surface area contributed by atoms with E-state index >= 15 is 0 Å². The number of carboxylic acid groups (broad SMARTS) is 1. The van der Waals surface area contributed by atoms with Crippen LogP contribution in [0.1, 0.15) is 6.42 Å². The van der Waals surface area contributed by atoms with Crippen molar-refractivity contribution >= 4 is 17.7 Å². The Balaban J connectivity index is 1.88. The van der Waals surface area contributed by atoms with Crippen LogP contribution in [-0.2, 0) is 9.59 Å². The summed E-state index contributed by atoms with van der Waals surface area (Å²) in [6.45, 7) is 2.45. The predicted molar refractivity (Wildman–Crippen MR) is 65.3 cm³/mol. The summed E-state index contributed by atoms with van der Waals surface area (Å²) in [4.78, 5) is 30.0. The third-order valence-corrected chi connectivity index (χ3v) is 2.91. The minimum Gasteiger partial charge on any atom is -0.481 e. The molecule has 0 saturated carbocycles. The molecule has 1 amide bonds. The Kier molecular flexibility index (Phi) is 3.76. The lowest BCUT2D eigenvalue weighted by Crippen LogP contribution is -2.49. The number of anilines is 1. The third kappa shape index (κ3) is 2.97. The Morgan fingerprint density at radius 1 is 1.22 bits per heavy atom. The molecule has 1 fully saturated rings. The summed E-state index contributed by atoms with van der Waals surface area (Å²) in [5, 5.41) is 8.58. The fourth-order valence-electron chi connectivity index (χ4n) is 1.97. The van der Waals surface area contributed by atoms with Gasteiger partial charge in [0.2, 0.25) is 5.91 Å². The Labute approximate surface area is 105 Å². The molecule has 0 aromatic carbocycles. The van der Waals surface area contributed by atoms with E-state index in [-0.39, 0.29) is 5.91 Å². The van der Waals surface area contributed by atoms with Gasteiger partial charge in [0.05, 0.1) is 0 Å². The fraction of sp³-hybridized carbons (Fsp3) is 0.417. The monoisotopic (exact) mass is 249 g/mol. The number of carbonyl (C=O) groups excluding carboxylic acids is 1. The molecule has 6 heteroatoms. The summed E-state index contributed by atoms with van der Waals surface area (Å²) < 4.78 is 0. The zero-order chi connectivity index (χ0) is 13.0. The van der Waals surface area contributed by atoms with E-state index in [0.717, 1.165) is 5.82 Å². The van der Waals surface area contributed by atoms with E-state index in [9.17, 15) is 9.59 Å². The molecule has 96 valence electrons. The maximum Gasteiger partial charge on any atom is 0.312 e. The molecule has 6 nitrogen and oxygen atoms in total. The quantitative estimate of drug-likeness (QED) is 0.775. The molecule has 0 radical (unpaired) electrons. The molecule has 1 aliphatic heterocycles. The van der Waals surface area contributed by atoms with Crippen molar-refractivity contribution in [1.82, 2.24) is 9.88 Å². The van der Waals surface area contributed by atoms with Gasteiger partial charge in [-0.05, 0) is 12.1 Å². The first kappa shape index (κ1) is 12.3. The Hall–Kier alpha value is -2.11. The fourth-order valence-corrected chi connectivity index (χ4v) is 1.97. The van der Waals surface area contributed by atoms with Gasteiger partial charge in [0.1, 0.15) is 12.2 Å². The van der Waals surface area contributed by atoms with Gasteiger partial charge in [-0.2, -0.15) is 0 Å². The van der Waals surface area contributed by atoms with Crippen molar-refractivity contribution in [1.29, 1.82) is 0 Å². The summed E-state index contributed by atoms with van der Waals surface area (Å²) >= 11 is 0. The molecule has 0 spiro atoms. The van der Waals surface area contributed by atoms with Gasteiger partial charge in [-0.25, -0.2) is 4.98 Å². The van der Waals surface area contributed by atoms with Crippen LogP contribution in [0.3, 0.4) is 0 Å². The van der Waals surface area contributed by atoms with Gasteiger partial charge >= 0.3 is 5.97 Å². The number of rotatable bonds is 3. The number of carbonyl (C=O) groups is 2. The molecule has 0 unspecified atom stereocenters. The van der Waals surface area contributed by atoms with Crippen molar-refractivity contribution < 1.29 is 14.7 Å². The van der Waals surface area contributed by atoms with Crippen molar-refractivity contribution in [2.75, 3.05) is 31.1 Å². The number of hydrogen-bond acceptors (Lipinski definition) is 4. The average molecular weight is 249 g/mol. The van der Waals surface area contributed by atoms with Gasteiger partial charge in [0.25, 0.3) is 0 Å². The highest BCUT2D eigenvalue weighted by molar-refractivity contribution is 5.93. The number of aromatic nitrogens is 1. The summed E-state index contributed by atoms with van der Waals surface area (Å²) in [6.07, 6.45) is 1.31. The summed E-state index contributed by atoms with van der Waals surface area (Å²) in [5.74, 6) is -0.502. The van der Waals surface area contributed by atoms with E-state index in [2.05, 4.69) is 9.88 Å². The highest BCUT2D eigenvalue weighted by Crippen LogP contribution is 2.12. The van der Waals surface area contributed by atoms with Gasteiger partial charge in [-0.15, -0.1) is 0 Å². The topological polar surface area (TPSA) is 73.7 Å². The second kappa shape index (κ2) is 5.48. The number of hydrogen-bond donors (Lipinski definition) is 1. The molecule has 1 aromatic heterocycles. The number of piperazine rings is 1. The zero-order valence-electron chi connectivity index (χ0n) is 9.95. The molecule has 1 aliphatic rings. The molecule has 18 heavy (non-hydrogen) atoms. The van der Waals surface area contributed by atoms with Crippen LogP contribution in [0, 0.1) is 0 Å². The van der Waals surface area contributed by atoms with Gasteiger partial charge in [-0.1, -0.05) is 6.07 Å². The van der Waals surface area contributed by atoms with Crippen LogP contribution in [-0.4, -0.2) is 53.0 Å². The van der Waals surface area contributed by atoms with Gasteiger partial charge < -0.3 is 14.9 Å². The van der Waals surface area contributed by atoms with Crippen LogP contribution in [0.5, 0.6) is 0 Å². The molecule has 0 atom stereocenters. The number of pyridine rings is 1. The first-order chi connectivity index (χ1) is 8.66. The van der Waals surface area contributed by atoms with E-state index in [1.54, 1.807) is 11.1 Å². The van der Waals surface area contributed by atoms with E-state index in [4.69, 9.17) is 5.11 Å². The molecular formula is C12H15N3O3. The molecule has 1 N–H and O–H groups in total. The lowest BCUT2D eigenvalue weighted by Gasteiger charge is -2.35. The molecule has 0 bridgehead atoms. The van der Waals surface area contributed by atoms with Crippen LogP contribution in [0.25, 0.3) is 0 Å². The number of aliphatic carboxylic acids is 1. The van der Waals surface area contributed by atoms with Crippen molar-refractivity contribution in [3.63, 3.8) is 0 Å².